The van der Waals surface area contributed by atoms with E-state index < -0.39 is 0 Å². The van der Waals surface area contributed by atoms with Crippen molar-refractivity contribution in [1.29, 1.82) is 5.26 Å². The van der Waals surface area contributed by atoms with Gasteiger partial charge in [-0.25, -0.2) is 0 Å². The molecular formula is C15H20N2. The fourth-order valence-corrected chi connectivity index (χ4v) is 2.63. The topological polar surface area (TPSA) is 27.0 Å². The molecule has 1 fully saturated rings. The van der Waals surface area contributed by atoms with Crippen LogP contribution in [0, 0.1) is 11.3 Å². The predicted octanol–water partition coefficient (Wildman–Crippen LogP) is 3.52. The second kappa shape index (κ2) is 6.42. The Morgan fingerprint density at radius 2 is 1.71 bits per heavy atom. The van der Waals surface area contributed by atoms with E-state index in [1.54, 1.807) is 0 Å². The first-order valence-electron chi connectivity index (χ1n) is 6.58. The van der Waals surface area contributed by atoms with Gasteiger partial charge >= 0.3 is 0 Å². The van der Waals surface area contributed by atoms with E-state index in [1.807, 2.05) is 6.07 Å². The van der Waals surface area contributed by atoms with Crippen molar-refractivity contribution >= 4 is 0 Å². The van der Waals surface area contributed by atoms with E-state index in [2.05, 4.69) is 35.2 Å². The minimum atomic E-state index is 0.291. The van der Waals surface area contributed by atoms with Crippen LogP contribution in [0.2, 0.25) is 0 Å². The lowest BCUT2D eigenvalue weighted by Crippen LogP contribution is -2.29. The van der Waals surface area contributed by atoms with E-state index >= 15 is 0 Å². The Kier molecular flexibility index (Phi) is 4.58. The van der Waals surface area contributed by atoms with Crippen LogP contribution >= 0.6 is 0 Å². The highest BCUT2D eigenvalue weighted by Crippen LogP contribution is 2.26. The number of nitriles is 1. The van der Waals surface area contributed by atoms with Crippen LogP contribution in [0.3, 0.4) is 0 Å². The first-order chi connectivity index (χ1) is 8.42. The summed E-state index contributed by atoms with van der Waals surface area (Å²) in [5.41, 5.74) is 1.29. The molecule has 2 rings (SSSR count). The van der Waals surface area contributed by atoms with Gasteiger partial charge in [0.2, 0.25) is 0 Å². The molecule has 0 saturated carbocycles. The highest BCUT2D eigenvalue weighted by atomic mass is 15.2. The third kappa shape index (κ3) is 3.31. The molecule has 1 unspecified atom stereocenters. The van der Waals surface area contributed by atoms with Crippen molar-refractivity contribution in [2.45, 2.75) is 38.1 Å². The Hall–Kier alpha value is -1.33. The van der Waals surface area contributed by atoms with E-state index in [-0.39, 0.29) is 0 Å². The minimum absolute atomic E-state index is 0.291. The number of nitrogens with zero attached hydrogens (tertiary/aromatic N) is 2. The maximum absolute atomic E-state index is 9.02. The smallest absolute Gasteiger partial charge is 0.0641 e. The summed E-state index contributed by atoms with van der Waals surface area (Å²) in [5, 5.41) is 9.02. The minimum Gasteiger partial charge on any atom is -0.295 e. The fourth-order valence-electron chi connectivity index (χ4n) is 2.63. The Morgan fingerprint density at radius 3 is 2.29 bits per heavy atom. The lowest BCUT2D eigenvalue weighted by atomic mass is 10.0. The molecule has 0 radical (unpaired) electrons. The molecule has 1 atom stereocenters. The zero-order chi connectivity index (χ0) is 11.9. The van der Waals surface area contributed by atoms with Gasteiger partial charge in [0.1, 0.15) is 0 Å². The fraction of sp³-hybridized carbons (Fsp3) is 0.533. The van der Waals surface area contributed by atoms with Crippen LogP contribution in [-0.4, -0.2) is 18.0 Å². The van der Waals surface area contributed by atoms with Gasteiger partial charge in [-0.2, -0.15) is 5.26 Å². The first-order valence-corrected chi connectivity index (χ1v) is 6.58. The lowest BCUT2D eigenvalue weighted by molar-refractivity contribution is 0.207. The number of rotatable bonds is 3. The molecule has 1 aliphatic rings. The second-order valence-electron chi connectivity index (χ2n) is 4.74. The van der Waals surface area contributed by atoms with Gasteiger partial charge in [0, 0.05) is 6.04 Å². The number of likely N-dealkylation sites (tertiary alicyclic amines) is 1. The van der Waals surface area contributed by atoms with Gasteiger partial charge in [-0.1, -0.05) is 43.2 Å². The van der Waals surface area contributed by atoms with E-state index in [9.17, 15) is 0 Å². The maximum Gasteiger partial charge on any atom is 0.0641 e. The summed E-state index contributed by atoms with van der Waals surface area (Å²) in [6, 6.07) is 13.1. The van der Waals surface area contributed by atoms with Gasteiger partial charge in [-0.3, -0.25) is 4.90 Å². The highest BCUT2D eigenvalue weighted by molar-refractivity contribution is 5.20. The number of hydrogen-bond acceptors (Lipinski definition) is 2. The Balaban J connectivity index is 2.13. The first kappa shape index (κ1) is 12.1. The van der Waals surface area contributed by atoms with E-state index in [4.69, 9.17) is 5.26 Å². The molecule has 0 spiro atoms. The monoisotopic (exact) mass is 228 g/mol. The van der Waals surface area contributed by atoms with Crippen LogP contribution in [0.5, 0.6) is 0 Å². The summed E-state index contributed by atoms with van der Waals surface area (Å²) in [6.07, 6.45) is 5.82. The van der Waals surface area contributed by atoms with Crippen LogP contribution in [0.15, 0.2) is 30.3 Å². The van der Waals surface area contributed by atoms with Gasteiger partial charge in [0.25, 0.3) is 0 Å². The van der Waals surface area contributed by atoms with Crippen molar-refractivity contribution in [2.75, 3.05) is 13.1 Å². The maximum atomic E-state index is 9.02. The molecule has 2 heteroatoms. The summed E-state index contributed by atoms with van der Waals surface area (Å²) in [5.74, 6) is 0. The van der Waals surface area contributed by atoms with Crippen molar-refractivity contribution in [1.82, 2.24) is 4.90 Å². The molecule has 1 saturated heterocycles. The summed E-state index contributed by atoms with van der Waals surface area (Å²) in [6.45, 7) is 2.28. The number of benzene rings is 1. The zero-order valence-corrected chi connectivity index (χ0v) is 10.3. The normalized spacial score (nSPS) is 19.2. The molecule has 0 bridgehead atoms. The van der Waals surface area contributed by atoms with Gasteiger partial charge < -0.3 is 0 Å². The quantitative estimate of drug-likeness (QED) is 0.791. The summed E-state index contributed by atoms with van der Waals surface area (Å²) in [4.78, 5) is 2.49. The Morgan fingerprint density at radius 1 is 1.06 bits per heavy atom. The molecule has 0 aromatic heterocycles. The third-order valence-electron chi connectivity index (χ3n) is 3.55. The van der Waals surface area contributed by atoms with Crippen molar-refractivity contribution in [2.24, 2.45) is 0 Å². The summed E-state index contributed by atoms with van der Waals surface area (Å²) in [7, 11) is 0. The Bertz CT molecular complexity index is 358. The molecule has 1 heterocycles. The van der Waals surface area contributed by atoms with Crippen LogP contribution in [0.4, 0.5) is 0 Å². The predicted molar refractivity (Wildman–Crippen MR) is 69.5 cm³/mol. The molecule has 17 heavy (non-hydrogen) atoms. The molecule has 1 aliphatic heterocycles. The molecule has 0 N–H and O–H groups in total. The lowest BCUT2D eigenvalue weighted by Gasteiger charge is -2.29. The Labute approximate surface area is 104 Å². The van der Waals surface area contributed by atoms with E-state index in [1.165, 1.54) is 31.2 Å². The molecule has 0 aliphatic carbocycles. The molecular weight excluding hydrogens is 208 g/mol. The van der Waals surface area contributed by atoms with Crippen LogP contribution in [0.1, 0.15) is 43.7 Å². The molecule has 1 aromatic rings. The molecule has 90 valence electrons. The van der Waals surface area contributed by atoms with Crippen molar-refractivity contribution in [3.05, 3.63) is 35.9 Å². The van der Waals surface area contributed by atoms with Crippen LogP contribution < -0.4 is 0 Å². The average Bonchev–Trinajstić information content (AvgIpc) is 2.66. The standard InChI is InChI=1S/C15H20N2/c16-11-10-15(14-8-4-3-5-9-14)17-12-6-1-2-7-13-17/h3-5,8-9,15H,1-2,6-7,10,12-13H2. The van der Waals surface area contributed by atoms with E-state index in [0.29, 0.717) is 12.5 Å². The van der Waals surface area contributed by atoms with Gasteiger partial charge in [-0.05, 0) is 31.5 Å². The van der Waals surface area contributed by atoms with Gasteiger partial charge in [0.15, 0.2) is 0 Å². The van der Waals surface area contributed by atoms with Gasteiger partial charge in [0.05, 0.1) is 12.5 Å². The van der Waals surface area contributed by atoms with Crippen LogP contribution in [-0.2, 0) is 0 Å². The third-order valence-corrected chi connectivity index (χ3v) is 3.55. The molecule has 1 aromatic carbocycles. The summed E-state index contributed by atoms with van der Waals surface area (Å²) >= 11 is 0. The number of hydrogen-bond donors (Lipinski definition) is 0. The van der Waals surface area contributed by atoms with Crippen molar-refractivity contribution in [3.8, 4) is 6.07 Å². The van der Waals surface area contributed by atoms with Crippen molar-refractivity contribution in [3.63, 3.8) is 0 Å². The zero-order valence-electron chi connectivity index (χ0n) is 10.3. The van der Waals surface area contributed by atoms with Crippen molar-refractivity contribution < 1.29 is 0 Å². The molecule has 0 amide bonds. The SMILES string of the molecule is N#CCC(c1ccccc1)N1CCCCCC1. The molecule has 2 nitrogen and oxygen atoms in total. The van der Waals surface area contributed by atoms with Gasteiger partial charge in [-0.15, -0.1) is 0 Å². The second-order valence-corrected chi connectivity index (χ2v) is 4.74. The largest absolute Gasteiger partial charge is 0.295 e. The van der Waals surface area contributed by atoms with Crippen LogP contribution in [0.25, 0.3) is 0 Å². The van der Waals surface area contributed by atoms with E-state index in [0.717, 1.165) is 13.1 Å². The highest BCUT2D eigenvalue weighted by Gasteiger charge is 2.20. The summed E-state index contributed by atoms with van der Waals surface area (Å²) < 4.78 is 0. The average molecular weight is 228 g/mol.